The van der Waals surface area contributed by atoms with Gasteiger partial charge < -0.3 is 4.52 Å². The molecule has 0 fully saturated rings. The number of hydrogen-bond acceptors (Lipinski definition) is 4. The van der Waals surface area contributed by atoms with E-state index >= 15 is 0 Å². The van der Waals surface area contributed by atoms with E-state index in [4.69, 9.17) is 9.66 Å². The van der Waals surface area contributed by atoms with Crippen LogP contribution in [0.5, 0.6) is 0 Å². The molecule has 0 aliphatic heterocycles. The minimum Gasteiger partial charge on any atom is -0.356 e. The van der Waals surface area contributed by atoms with E-state index < -0.39 is 15.3 Å². The van der Waals surface area contributed by atoms with Crippen LogP contribution in [-0.2, 0) is 10.0 Å². The summed E-state index contributed by atoms with van der Waals surface area (Å²) in [6.45, 7) is 3.58. The molecule has 1 atom stereocenters. The number of benzene rings is 1. The number of sulfonamides is 1. The van der Waals surface area contributed by atoms with E-state index in [0.29, 0.717) is 16.7 Å². The molecule has 5 nitrogen and oxygen atoms in total. The fourth-order valence-electron chi connectivity index (χ4n) is 1.96. The Kier molecular flexibility index (Phi) is 2.92. The first kappa shape index (κ1) is 12.1. The molecule has 0 aliphatic rings. The normalized spacial score (nSPS) is 14.4. The molecule has 92 valence electrons. The van der Waals surface area contributed by atoms with E-state index in [1.165, 1.54) is 0 Å². The molecule has 17 heavy (non-hydrogen) atoms. The van der Waals surface area contributed by atoms with Crippen molar-refractivity contribution in [2.75, 3.05) is 0 Å². The van der Waals surface area contributed by atoms with Gasteiger partial charge in [-0.3, -0.25) is 0 Å². The molecule has 1 aromatic heterocycles. The molecule has 1 heterocycles. The number of nitrogens with zero attached hydrogens (tertiary/aromatic N) is 1. The van der Waals surface area contributed by atoms with Crippen molar-refractivity contribution in [3.63, 3.8) is 0 Å². The minimum absolute atomic E-state index is 0.168. The molecule has 2 rings (SSSR count). The van der Waals surface area contributed by atoms with Gasteiger partial charge in [0.15, 0.2) is 5.58 Å². The molecule has 0 saturated carbocycles. The Bertz CT molecular complexity index is 631. The third-order valence-electron chi connectivity index (χ3n) is 2.63. The van der Waals surface area contributed by atoms with Gasteiger partial charge in [-0.25, -0.2) is 13.6 Å². The highest BCUT2D eigenvalue weighted by molar-refractivity contribution is 7.89. The lowest BCUT2D eigenvalue weighted by Gasteiger charge is -2.15. The zero-order valence-electron chi connectivity index (χ0n) is 9.62. The number of primary sulfonamides is 1. The van der Waals surface area contributed by atoms with Crippen molar-refractivity contribution in [3.05, 3.63) is 30.0 Å². The van der Waals surface area contributed by atoms with Gasteiger partial charge in [0.2, 0.25) is 10.0 Å². The van der Waals surface area contributed by atoms with Gasteiger partial charge in [0, 0.05) is 5.39 Å². The number of rotatable bonds is 3. The Morgan fingerprint density at radius 2 is 1.94 bits per heavy atom. The van der Waals surface area contributed by atoms with E-state index in [2.05, 4.69) is 5.16 Å². The lowest BCUT2D eigenvalue weighted by molar-refractivity contribution is 0.432. The second kappa shape index (κ2) is 4.12. The second-order valence-electron chi connectivity index (χ2n) is 4.32. The molecular formula is C11H14N2O3S. The molecule has 0 spiro atoms. The number of para-hydroxylation sites is 1. The van der Waals surface area contributed by atoms with Crippen LogP contribution in [0.25, 0.3) is 11.0 Å². The van der Waals surface area contributed by atoms with E-state index in [0.717, 1.165) is 0 Å². The van der Waals surface area contributed by atoms with Crippen LogP contribution in [0.15, 0.2) is 28.8 Å². The standard InChI is InChI=1S/C11H14N2O3S/c1-7(2)11(17(12,14)15)10-8-5-3-4-6-9(8)16-13-10/h3-7,11H,1-2H3,(H2,12,14,15). The van der Waals surface area contributed by atoms with Crippen molar-refractivity contribution in [1.82, 2.24) is 5.16 Å². The number of nitrogens with two attached hydrogens (primary N) is 1. The Hall–Kier alpha value is -1.40. The highest BCUT2D eigenvalue weighted by atomic mass is 32.2. The Morgan fingerprint density at radius 3 is 2.53 bits per heavy atom. The molecule has 0 aliphatic carbocycles. The van der Waals surface area contributed by atoms with Crippen molar-refractivity contribution in [2.24, 2.45) is 11.1 Å². The first-order valence-electron chi connectivity index (χ1n) is 5.27. The molecule has 0 radical (unpaired) electrons. The summed E-state index contributed by atoms with van der Waals surface area (Å²) in [6, 6.07) is 7.14. The van der Waals surface area contributed by atoms with Crippen LogP contribution in [0, 0.1) is 5.92 Å². The lowest BCUT2D eigenvalue weighted by atomic mass is 10.0. The van der Waals surface area contributed by atoms with Crippen LogP contribution in [0.4, 0.5) is 0 Å². The maximum atomic E-state index is 11.6. The number of fused-ring (bicyclic) bond motifs is 1. The fourth-order valence-corrected chi connectivity index (χ4v) is 3.20. The van der Waals surface area contributed by atoms with Crippen LogP contribution in [-0.4, -0.2) is 13.6 Å². The topological polar surface area (TPSA) is 86.2 Å². The quantitative estimate of drug-likeness (QED) is 0.905. The Labute approximate surface area is 99.6 Å². The summed E-state index contributed by atoms with van der Waals surface area (Å²) in [5.41, 5.74) is 0.954. The maximum Gasteiger partial charge on any atom is 0.218 e. The van der Waals surface area contributed by atoms with Crippen LogP contribution in [0.2, 0.25) is 0 Å². The first-order valence-corrected chi connectivity index (χ1v) is 6.88. The highest BCUT2D eigenvalue weighted by Crippen LogP contribution is 2.32. The molecule has 2 N–H and O–H groups in total. The van der Waals surface area contributed by atoms with E-state index in [9.17, 15) is 8.42 Å². The Balaban J connectivity index is 2.66. The van der Waals surface area contributed by atoms with Gasteiger partial charge in [0.1, 0.15) is 10.9 Å². The van der Waals surface area contributed by atoms with Gasteiger partial charge in [-0.05, 0) is 18.1 Å². The number of aromatic nitrogens is 1. The monoisotopic (exact) mass is 254 g/mol. The summed E-state index contributed by atoms with van der Waals surface area (Å²) in [6.07, 6.45) is 0. The van der Waals surface area contributed by atoms with Crippen LogP contribution >= 0.6 is 0 Å². The van der Waals surface area contributed by atoms with E-state index in [1.807, 2.05) is 6.07 Å². The lowest BCUT2D eigenvalue weighted by Crippen LogP contribution is -2.26. The summed E-state index contributed by atoms with van der Waals surface area (Å²) in [4.78, 5) is 0. The van der Waals surface area contributed by atoms with Gasteiger partial charge in [0.05, 0.1) is 0 Å². The molecular weight excluding hydrogens is 240 g/mol. The van der Waals surface area contributed by atoms with Gasteiger partial charge in [-0.15, -0.1) is 0 Å². The summed E-state index contributed by atoms with van der Waals surface area (Å²) in [5.74, 6) is -0.168. The smallest absolute Gasteiger partial charge is 0.218 e. The zero-order valence-corrected chi connectivity index (χ0v) is 10.4. The summed E-state index contributed by atoms with van der Waals surface area (Å²) >= 11 is 0. The minimum atomic E-state index is -3.70. The van der Waals surface area contributed by atoms with Crippen molar-refractivity contribution in [3.8, 4) is 0 Å². The molecule has 0 amide bonds. The average Bonchev–Trinajstić information content (AvgIpc) is 2.60. The van der Waals surface area contributed by atoms with Crippen molar-refractivity contribution in [1.29, 1.82) is 0 Å². The molecule has 2 aromatic rings. The largest absolute Gasteiger partial charge is 0.356 e. The van der Waals surface area contributed by atoms with E-state index in [-0.39, 0.29) is 5.92 Å². The molecule has 1 unspecified atom stereocenters. The summed E-state index contributed by atoms with van der Waals surface area (Å²) in [7, 11) is -3.70. The third kappa shape index (κ3) is 2.18. The van der Waals surface area contributed by atoms with Gasteiger partial charge >= 0.3 is 0 Å². The maximum absolute atomic E-state index is 11.6. The predicted molar refractivity (Wildman–Crippen MR) is 64.7 cm³/mol. The molecule has 6 heteroatoms. The molecule has 0 bridgehead atoms. The van der Waals surface area contributed by atoms with Gasteiger partial charge in [-0.2, -0.15) is 0 Å². The van der Waals surface area contributed by atoms with Gasteiger partial charge in [0.25, 0.3) is 0 Å². The highest BCUT2D eigenvalue weighted by Gasteiger charge is 2.31. The Morgan fingerprint density at radius 1 is 1.29 bits per heavy atom. The van der Waals surface area contributed by atoms with Crippen molar-refractivity contribution < 1.29 is 12.9 Å². The summed E-state index contributed by atoms with van der Waals surface area (Å²) < 4.78 is 28.3. The fraction of sp³-hybridized carbons (Fsp3) is 0.364. The van der Waals surface area contributed by atoms with Crippen LogP contribution < -0.4 is 5.14 Å². The second-order valence-corrected chi connectivity index (χ2v) is 6.00. The van der Waals surface area contributed by atoms with Crippen molar-refractivity contribution in [2.45, 2.75) is 19.1 Å². The van der Waals surface area contributed by atoms with Crippen LogP contribution in [0.3, 0.4) is 0 Å². The van der Waals surface area contributed by atoms with Crippen molar-refractivity contribution >= 4 is 21.0 Å². The zero-order chi connectivity index (χ0) is 12.6. The molecule has 0 saturated heterocycles. The SMILES string of the molecule is CC(C)C(c1noc2ccccc12)S(N)(=O)=O. The summed E-state index contributed by atoms with van der Waals surface area (Å²) in [5, 5.41) is 8.96. The first-order chi connectivity index (χ1) is 7.91. The molecule has 1 aromatic carbocycles. The average molecular weight is 254 g/mol. The number of hydrogen-bond donors (Lipinski definition) is 1. The van der Waals surface area contributed by atoms with Crippen LogP contribution in [0.1, 0.15) is 24.8 Å². The van der Waals surface area contributed by atoms with Gasteiger partial charge in [-0.1, -0.05) is 31.1 Å². The van der Waals surface area contributed by atoms with E-state index in [1.54, 1.807) is 32.0 Å². The predicted octanol–water partition coefficient (Wildman–Crippen LogP) is 1.81. The third-order valence-corrected chi connectivity index (χ3v) is 4.11.